The van der Waals surface area contributed by atoms with Crippen LogP contribution >= 0.6 is 11.8 Å². The summed E-state index contributed by atoms with van der Waals surface area (Å²) < 4.78 is 1.73. The fourth-order valence-corrected chi connectivity index (χ4v) is 4.04. The predicted molar refractivity (Wildman–Crippen MR) is 78.1 cm³/mol. The van der Waals surface area contributed by atoms with E-state index in [1.54, 1.807) is 11.0 Å². The molecule has 0 amide bonds. The first-order valence-electron chi connectivity index (χ1n) is 7.01. The highest BCUT2D eigenvalue weighted by Gasteiger charge is 2.34. The van der Waals surface area contributed by atoms with Crippen molar-refractivity contribution in [3.63, 3.8) is 0 Å². The third kappa shape index (κ3) is 3.11. The number of nitrogens with zero attached hydrogens (tertiary/aromatic N) is 4. The van der Waals surface area contributed by atoms with E-state index in [2.05, 4.69) is 15.4 Å². The molecule has 0 unspecified atom stereocenters. The zero-order chi connectivity index (χ0) is 13.1. The lowest BCUT2D eigenvalue weighted by atomic mass is 9.75. The second kappa shape index (κ2) is 5.53. The summed E-state index contributed by atoms with van der Waals surface area (Å²) in [5, 5.41) is 8.66. The van der Waals surface area contributed by atoms with Crippen molar-refractivity contribution in [2.75, 3.05) is 12.3 Å². The van der Waals surface area contributed by atoms with E-state index in [-0.39, 0.29) is 0 Å². The number of thioether (sulfide) groups is 1. The van der Waals surface area contributed by atoms with Crippen LogP contribution in [0, 0.1) is 5.41 Å². The summed E-state index contributed by atoms with van der Waals surface area (Å²) in [5.41, 5.74) is 0.497. The van der Waals surface area contributed by atoms with E-state index in [0.29, 0.717) is 12.0 Å². The van der Waals surface area contributed by atoms with Crippen LogP contribution in [0.1, 0.15) is 37.9 Å². The van der Waals surface area contributed by atoms with Gasteiger partial charge in [-0.3, -0.25) is 9.67 Å². The van der Waals surface area contributed by atoms with Gasteiger partial charge in [0.15, 0.2) is 11.0 Å². The number of rotatable bonds is 2. The van der Waals surface area contributed by atoms with Gasteiger partial charge in [-0.1, -0.05) is 31.0 Å². The number of aliphatic imine (C=N–C) groups is 1. The molecule has 5 nitrogen and oxygen atoms in total. The molecule has 19 heavy (non-hydrogen) atoms. The lowest BCUT2D eigenvalue weighted by Gasteiger charge is -2.38. The third-order valence-electron chi connectivity index (χ3n) is 4.03. The first-order valence-corrected chi connectivity index (χ1v) is 8.00. The Hall–Kier alpha value is -1.04. The number of nitrogens with one attached hydrogen (secondary N) is 1. The summed E-state index contributed by atoms with van der Waals surface area (Å²) in [7, 11) is 1.89. The standard InChI is InChI=1S/C13H21N5S/c1-18-10-16-11(17-18)7-14-12-15-8-13(9-19-12)5-3-2-4-6-13/h10H,2-9H2,1H3,(H,14,15). The molecule has 3 rings (SSSR count). The van der Waals surface area contributed by atoms with E-state index in [4.69, 9.17) is 4.99 Å². The molecule has 1 saturated carbocycles. The van der Waals surface area contributed by atoms with Crippen LogP contribution in [-0.2, 0) is 13.6 Å². The summed E-state index contributed by atoms with van der Waals surface area (Å²) in [6, 6.07) is 0. The smallest absolute Gasteiger partial charge is 0.169 e. The van der Waals surface area contributed by atoms with Crippen LogP contribution in [-0.4, -0.2) is 32.2 Å². The number of hydrogen-bond acceptors (Lipinski definition) is 5. The van der Waals surface area contributed by atoms with Crippen LogP contribution in [0.2, 0.25) is 0 Å². The highest BCUT2D eigenvalue weighted by Crippen LogP contribution is 2.41. The van der Waals surface area contributed by atoms with E-state index in [1.165, 1.54) is 37.9 Å². The zero-order valence-corrected chi connectivity index (χ0v) is 12.2. The molecule has 104 valence electrons. The first kappa shape index (κ1) is 13.0. The van der Waals surface area contributed by atoms with Gasteiger partial charge in [-0.25, -0.2) is 4.98 Å². The van der Waals surface area contributed by atoms with Crippen LogP contribution in [0.25, 0.3) is 0 Å². The van der Waals surface area contributed by atoms with Gasteiger partial charge in [-0.05, 0) is 18.3 Å². The highest BCUT2D eigenvalue weighted by molar-refractivity contribution is 8.13. The van der Waals surface area contributed by atoms with Crippen molar-refractivity contribution < 1.29 is 0 Å². The summed E-state index contributed by atoms with van der Waals surface area (Å²) >= 11 is 1.87. The Morgan fingerprint density at radius 2 is 2.21 bits per heavy atom. The number of amidine groups is 1. The van der Waals surface area contributed by atoms with Crippen molar-refractivity contribution in [1.82, 2.24) is 20.1 Å². The molecule has 1 N–H and O–H groups in total. The Morgan fingerprint density at radius 3 is 2.84 bits per heavy atom. The first-order chi connectivity index (χ1) is 9.26. The number of aromatic nitrogens is 3. The molecule has 2 heterocycles. The summed E-state index contributed by atoms with van der Waals surface area (Å²) in [5.74, 6) is 2.04. The zero-order valence-electron chi connectivity index (χ0n) is 11.4. The van der Waals surface area contributed by atoms with Crippen LogP contribution in [0.4, 0.5) is 0 Å². The molecular formula is C13H21N5S. The lowest BCUT2D eigenvalue weighted by Crippen LogP contribution is -2.36. The van der Waals surface area contributed by atoms with E-state index >= 15 is 0 Å². The second-order valence-corrected chi connectivity index (χ2v) is 6.62. The maximum atomic E-state index is 4.73. The minimum atomic E-state index is 0.497. The topological polar surface area (TPSA) is 55.1 Å². The fraction of sp³-hybridized carbons (Fsp3) is 0.769. The number of hydrogen-bond donors (Lipinski definition) is 1. The van der Waals surface area contributed by atoms with E-state index in [1.807, 2.05) is 18.8 Å². The van der Waals surface area contributed by atoms with Gasteiger partial charge >= 0.3 is 0 Å². The van der Waals surface area contributed by atoms with Gasteiger partial charge in [0.2, 0.25) is 0 Å². The average molecular weight is 279 g/mol. The SMILES string of the molecule is Cn1cnc(CNC2=NCC3(CCCCC3)CS2)n1. The Labute approximate surface area is 118 Å². The van der Waals surface area contributed by atoms with Gasteiger partial charge in [0, 0.05) is 19.3 Å². The van der Waals surface area contributed by atoms with Crippen molar-refractivity contribution in [2.45, 2.75) is 38.6 Å². The molecule has 1 spiro atoms. The highest BCUT2D eigenvalue weighted by atomic mass is 32.2. The quantitative estimate of drug-likeness (QED) is 0.899. The molecule has 1 aromatic heterocycles. The summed E-state index contributed by atoms with van der Waals surface area (Å²) in [6.07, 6.45) is 8.63. The maximum Gasteiger partial charge on any atom is 0.169 e. The molecule has 2 aliphatic rings. The Bertz CT molecular complexity index is 461. The minimum absolute atomic E-state index is 0.497. The van der Waals surface area contributed by atoms with Gasteiger partial charge in [0.25, 0.3) is 0 Å². The molecular weight excluding hydrogens is 258 g/mol. The van der Waals surface area contributed by atoms with Crippen LogP contribution < -0.4 is 5.32 Å². The fourth-order valence-electron chi connectivity index (χ4n) is 2.88. The van der Waals surface area contributed by atoms with Gasteiger partial charge in [0.05, 0.1) is 6.54 Å². The van der Waals surface area contributed by atoms with Gasteiger partial charge in [-0.15, -0.1) is 0 Å². The van der Waals surface area contributed by atoms with Gasteiger partial charge in [0.1, 0.15) is 6.33 Å². The van der Waals surface area contributed by atoms with Crippen molar-refractivity contribution >= 4 is 16.9 Å². The van der Waals surface area contributed by atoms with Gasteiger partial charge < -0.3 is 5.32 Å². The van der Waals surface area contributed by atoms with Crippen molar-refractivity contribution in [3.05, 3.63) is 12.2 Å². The molecule has 1 aliphatic carbocycles. The lowest BCUT2D eigenvalue weighted by molar-refractivity contribution is 0.232. The van der Waals surface area contributed by atoms with Crippen LogP contribution in [0.15, 0.2) is 11.3 Å². The maximum absolute atomic E-state index is 4.73. The normalized spacial score (nSPS) is 22.3. The third-order valence-corrected chi connectivity index (χ3v) is 5.34. The molecule has 1 fully saturated rings. The minimum Gasteiger partial charge on any atom is -0.358 e. The molecule has 0 saturated heterocycles. The molecule has 0 bridgehead atoms. The largest absolute Gasteiger partial charge is 0.358 e. The molecule has 6 heteroatoms. The summed E-state index contributed by atoms with van der Waals surface area (Å²) in [6.45, 7) is 1.66. The Morgan fingerprint density at radius 1 is 1.37 bits per heavy atom. The molecule has 1 aromatic rings. The van der Waals surface area contributed by atoms with Crippen LogP contribution in [0.3, 0.4) is 0 Å². The van der Waals surface area contributed by atoms with E-state index in [9.17, 15) is 0 Å². The predicted octanol–water partition coefficient (Wildman–Crippen LogP) is 1.96. The molecule has 1 aliphatic heterocycles. The molecule has 0 radical (unpaired) electrons. The van der Waals surface area contributed by atoms with Gasteiger partial charge in [-0.2, -0.15) is 5.10 Å². The van der Waals surface area contributed by atoms with E-state index in [0.717, 1.165) is 17.5 Å². The number of aryl methyl sites for hydroxylation is 1. The van der Waals surface area contributed by atoms with Crippen molar-refractivity contribution in [1.29, 1.82) is 0 Å². The molecule has 0 aromatic carbocycles. The monoisotopic (exact) mass is 279 g/mol. The Balaban J connectivity index is 1.53. The van der Waals surface area contributed by atoms with Crippen molar-refractivity contribution in [2.24, 2.45) is 17.5 Å². The van der Waals surface area contributed by atoms with Crippen LogP contribution in [0.5, 0.6) is 0 Å². The Kier molecular flexibility index (Phi) is 3.77. The van der Waals surface area contributed by atoms with E-state index < -0.39 is 0 Å². The summed E-state index contributed by atoms with van der Waals surface area (Å²) in [4.78, 5) is 8.94. The average Bonchev–Trinajstić information content (AvgIpc) is 2.85. The molecule has 0 atom stereocenters. The second-order valence-electron chi connectivity index (χ2n) is 5.66. The van der Waals surface area contributed by atoms with Crippen molar-refractivity contribution in [3.8, 4) is 0 Å².